The molecule has 0 amide bonds. The summed E-state index contributed by atoms with van der Waals surface area (Å²) in [4.78, 5) is 0. The fourth-order valence-corrected chi connectivity index (χ4v) is 19.2. The van der Waals surface area contributed by atoms with Gasteiger partial charge in [-0.1, -0.05) is 281 Å². The SMILES string of the molecule is CC1(C)c2ccccc2-c2ccc(-c3ccc(-n4c5ccccc5c5cc(-c6ccc7c(c6)c6ccccc6n7-c6ccccc6)ccc54)c4ccccc34)cc21.c1ccc(-n2c3ccccc3c3cc(-c4ccc5c(c4)c4ccccc4n5-c4ccc5ccc(-c6ccc7c(ccc8ccccc87)c6)cc5c4)ccc32)cc1. The minimum atomic E-state index is -0.0493. The Morgan fingerprint density at radius 1 is 0.168 bits per heavy atom. The van der Waals surface area contributed by atoms with Crippen molar-refractivity contribution in [3.8, 4) is 78.4 Å². The van der Waals surface area contributed by atoms with E-state index in [2.05, 4.69) is 432 Å². The van der Waals surface area contributed by atoms with Crippen molar-refractivity contribution in [1.29, 1.82) is 0 Å². The average Bonchev–Trinajstić information content (AvgIpc) is 1.60. The molecule has 113 heavy (non-hydrogen) atoms. The Balaban J connectivity index is 0.000000134. The van der Waals surface area contributed by atoms with Crippen LogP contribution in [0.5, 0.6) is 0 Å². The number of nitrogens with zero attached hydrogens (tertiary/aromatic N) is 4. The van der Waals surface area contributed by atoms with E-state index in [0.29, 0.717) is 0 Å². The first-order chi connectivity index (χ1) is 55.8. The molecule has 23 aromatic rings. The lowest BCUT2D eigenvalue weighted by molar-refractivity contribution is 0.660. The predicted octanol–water partition coefficient (Wildman–Crippen LogP) is 29.3. The molecule has 0 N–H and O–H groups in total. The molecule has 24 rings (SSSR count). The molecule has 528 valence electrons. The van der Waals surface area contributed by atoms with Crippen molar-refractivity contribution in [2.75, 3.05) is 0 Å². The highest BCUT2D eigenvalue weighted by Gasteiger charge is 2.35. The van der Waals surface area contributed by atoms with Crippen LogP contribution in [0.25, 0.3) is 209 Å². The first-order valence-corrected chi connectivity index (χ1v) is 39.3. The zero-order chi connectivity index (χ0) is 74.6. The van der Waals surface area contributed by atoms with Gasteiger partial charge in [0.2, 0.25) is 0 Å². The molecule has 4 heterocycles. The van der Waals surface area contributed by atoms with Gasteiger partial charge in [0, 0.05) is 71.0 Å². The minimum absolute atomic E-state index is 0.0493. The molecule has 0 bridgehead atoms. The minimum Gasteiger partial charge on any atom is -0.309 e. The van der Waals surface area contributed by atoms with Gasteiger partial charge in [-0.05, 0) is 238 Å². The van der Waals surface area contributed by atoms with E-state index in [4.69, 9.17) is 0 Å². The van der Waals surface area contributed by atoms with Gasteiger partial charge in [0.25, 0.3) is 0 Å². The second-order valence-corrected chi connectivity index (χ2v) is 31.1. The largest absolute Gasteiger partial charge is 0.309 e. The summed E-state index contributed by atoms with van der Waals surface area (Å²) in [6, 6.07) is 148. The van der Waals surface area contributed by atoms with Gasteiger partial charge in [-0.2, -0.15) is 0 Å². The molecule has 0 unspecified atom stereocenters. The highest BCUT2D eigenvalue weighted by molar-refractivity contribution is 6.17. The number of rotatable bonds is 8. The third-order valence-electron chi connectivity index (χ3n) is 24.6. The fourth-order valence-electron chi connectivity index (χ4n) is 19.2. The van der Waals surface area contributed by atoms with Crippen LogP contribution in [0.15, 0.2) is 400 Å². The maximum absolute atomic E-state index is 2.47. The number of benzene rings is 19. The van der Waals surface area contributed by atoms with E-state index in [1.807, 2.05) is 0 Å². The maximum Gasteiger partial charge on any atom is 0.0541 e. The van der Waals surface area contributed by atoms with Gasteiger partial charge in [-0.3, -0.25) is 0 Å². The third kappa shape index (κ3) is 10.1. The van der Waals surface area contributed by atoms with E-state index in [9.17, 15) is 0 Å². The van der Waals surface area contributed by atoms with Crippen molar-refractivity contribution in [2.45, 2.75) is 19.3 Å². The molecule has 4 nitrogen and oxygen atoms in total. The van der Waals surface area contributed by atoms with Gasteiger partial charge < -0.3 is 18.3 Å². The van der Waals surface area contributed by atoms with E-state index in [0.717, 1.165) is 5.69 Å². The number of hydrogen-bond donors (Lipinski definition) is 0. The van der Waals surface area contributed by atoms with Crippen molar-refractivity contribution in [1.82, 2.24) is 18.3 Å². The topological polar surface area (TPSA) is 19.7 Å². The number of aromatic nitrogens is 4. The third-order valence-corrected chi connectivity index (χ3v) is 24.6. The van der Waals surface area contributed by atoms with Crippen molar-refractivity contribution in [3.05, 3.63) is 412 Å². The first-order valence-electron chi connectivity index (χ1n) is 39.3. The lowest BCUT2D eigenvalue weighted by atomic mass is 9.81. The molecule has 0 fully saturated rings. The Kier molecular flexibility index (Phi) is 14.4. The van der Waals surface area contributed by atoms with Crippen LogP contribution < -0.4 is 0 Å². The summed E-state index contributed by atoms with van der Waals surface area (Å²) in [5.74, 6) is 0. The van der Waals surface area contributed by atoms with Crippen molar-refractivity contribution in [2.24, 2.45) is 0 Å². The molecule has 0 saturated heterocycles. The predicted molar refractivity (Wildman–Crippen MR) is 480 cm³/mol. The molecular formula is C109H72N4. The maximum atomic E-state index is 2.47. The highest BCUT2D eigenvalue weighted by Crippen LogP contribution is 2.51. The summed E-state index contributed by atoms with van der Waals surface area (Å²) in [5, 5.41) is 20.1. The Bertz CT molecular complexity index is 7890. The lowest BCUT2D eigenvalue weighted by Crippen LogP contribution is -2.14. The zero-order valence-corrected chi connectivity index (χ0v) is 62.4. The summed E-state index contributed by atoms with van der Waals surface area (Å²) in [6.45, 7) is 4.72. The molecule has 4 heteroatoms. The second-order valence-electron chi connectivity index (χ2n) is 31.1. The number of hydrogen-bond acceptors (Lipinski definition) is 0. The summed E-state index contributed by atoms with van der Waals surface area (Å²) >= 11 is 0. The van der Waals surface area contributed by atoms with Crippen molar-refractivity contribution in [3.63, 3.8) is 0 Å². The smallest absolute Gasteiger partial charge is 0.0541 e. The molecule has 0 saturated carbocycles. The summed E-state index contributed by atoms with van der Waals surface area (Å²) < 4.78 is 9.66. The van der Waals surface area contributed by atoms with E-state index in [-0.39, 0.29) is 5.41 Å². The van der Waals surface area contributed by atoms with Crippen LogP contribution in [0.3, 0.4) is 0 Å². The van der Waals surface area contributed by atoms with E-state index in [1.165, 1.54) is 214 Å². The van der Waals surface area contributed by atoms with Crippen LogP contribution in [-0.2, 0) is 5.41 Å². The molecule has 1 aliphatic rings. The molecule has 4 aromatic heterocycles. The van der Waals surface area contributed by atoms with Crippen LogP contribution in [0.2, 0.25) is 0 Å². The number of para-hydroxylation sites is 6. The van der Waals surface area contributed by atoms with Gasteiger partial charge in [0.1, 0.15) is 0 Å². The summed E-state index contributed by atoms with van der Waals surface area (Å²) in [5.41, 5.74) is 29.7. The van der Waals surface area contributed by atoms with Gasteiger partial charge in [0.05, 0.1) is 49.8 Å². The van der Waals surface area contributed by atoms with E-state index >= 15 is 0 Å². The average molecular weight is 1440 g/mol. The first kappa shape index (κ1) is 64.4. The van der Waals surface area contributed by atoms with Gasteiger partial charge in [-0.25, -0.2) is 0 Å². The summed E-state index contributed by atoms with van der Waals surface area (Å²) in [7, 11) is 0. The normalized spacial score (nSPS) is 12.6. The van der Waals surface area contributed by atoms with Crippen LogP contribution in [-0.4, -0.2) is 18.3 Å². The highest BCUT2D eigenvalue weighted by atomic mass is 15.0. The zero-order valence-electron chi connectivity index (χ0n) is 62.4. The van der Waals surface area contributed by atoms with Crippen molar-refractivity contribution >= 4 is 130 Å². The van der Waals surface area contributed by atoms with E-state index < -0.39 is 0 Å². The van der Waals surface area contributed by atoms with Crippen LogP contribution >= 0.6 is 0 Å². The summed E-state index contributed by atoms with van der Waals surface area (Å²) in [6.07, 6.45) is 0. The Hall–Kier alpha value is -14.6. The van der Waals surface area contributed by atoms with E-state index in [1.54, 1.807) is 0 Å². The number of fused-ring (bicyclic) bond motifs is 20. The fraction of sp³-hybridized carbons (Fsp3) is 0.0275. The van der Waals surface area contributed by atoms with Crippen molar-refractivity contribution < 1.29 is 0 Å². The standard InChI is InChI=1S/C55H38N2.C54H34N2/c1-55(2)48-21-11-8-17-41(48)42-27-24-37(34-49(42)55)39-28-31-52(43-18-7-6-16-40(39)43)57-51-23-13-10-20-45(51)47-33-36(26-30-54(47)57)35-25-29-53-46(32-35)44-19-9-12-22-50(44)56(53)38-14-4-3-5-15-38;1-2-11-43(12-3-1)55-51-16-8-6-14-47(51)49-33-39(24-28-53(49)55)40-25-29-54-50(34-40)48-15-7-9-17-52(48)56(54)44-26-22-35-18-20-37(31-42(35)32-44)38-23-27-46-41(30-38)21-19-36-10-4-5-13-45(36)46/h3-34H,1-2H3;1-34H. The molecule has 0 aliphatic heterocycles. The van der Waals surface area contributed by atoms with Crippen LogP contribution in [0, 0.1) is 0 Å². The lowest BCUT2D eigenvalue weighted by Gasteiger charge is -2.22. The molecule has 0 atom stereocenters. The molecule has 19 aromatic carbocycles. The van der Waals surface area contributed by atoms with Gasteiger partial charge in [-0.15, -0.1) is 0 Å². The molecule has 0 radical (unpaired) electrons. The Labute approximate surface area is 653 Å². The van der Waals surface area contributed by atoms with Gasteiger partial charge in [0.15, 0.2) is 0 Å². The van der Waals surface area contributed by atoms with Crippen LogP contribution in [0.1, 0.15) is 25.0 Å². The Morgan fingerprint density at radius 3 is 1.10 bits per heavy atom. The van der Waals surface area contributed by atoms with Crippen LogP contribution in [0.4, 0.5) is 0 Å². The Morgan fingerprint density at radius 2 is 0.531 bits per heavy atom. The second kappa shape index (κ2) is 25.2. The quantitative estimate of drug-likeness (QED) is 0.135. The van der Waals surface area contributed by atoms with Gasteiger partial charge >= 0.3 is 0 Å². The molecule has 1 aliphatic carbocycles. The monoisotopic (exact) mass is 1440 g/mol. The molecule has 0 spiro atoms. The molecular weight excluding hydrogens is 1370 g/mol.